The Hall–Kier alpha value is -0.340. The normalized spacial score (nSPS) is 11.0. The maximum atomic E-state index is 4.98. The molecule has 5 nitrogen and oxygen atoms in total. The summed E-state index contributed by atoms with van der Waals surface area (Å²) in [6.07, 6.45) is 2.87. The van der Waals surface area contributed by atoms with E-state index in [1.165, 1.54) is 0 Å². The third-order valence-electron chi connectivity index (χ3n) is 2.05. The lowest BCUT2D eigenvalue weighted by Crippen LogP contribution is -2.39. The first-order valence-electron chi connectivity index (χ1n) is 5.97. The number of methoxy groups -OCH3 is 1. The van der Waals surface area contributed by atoms with Crippen LogP contribution in [-0.4, -0.2) is 64.9 Å². The molecule has 0 aliphatic carbocycles. The van der Waals surface area contributed by atoms with Crippen molar-refractivity contribution in [2.75, 3.05) is 54.0 Å². The molecule has 0 fully saturated rings. The molecule has 0 aliphatic heterocycles. The van der Waals surface area contributed by atoms with Gasteiger partial charge in [-0.2, -0.15) is 0 Å². The number of aliphatic imine (C=N–C) groups is 1. The highest BCUT2D eigenvalue weighted by Crippen LogP contribution is 1.85. The Bertz CT molecular complexity index is 222. The molecule has 0 amide bonds. The summed E-state index contributed by atoms with van der Waals surface area (Å²) < 4.78 is 4.98. The van der Waals surface area contributed by atoms with Gasteiger partial charge in [0.05, 0.1) is 6.61 Å². The summed E-state index contributed by atoms with van der Waals surface area (Å²) in [6.45, 7) is 7.69. The molecule has 0 aromatic carbocycles. The molecule has 0 aliphatic rings. The van der Waals surface area contributed by atoms with Crippen LogP contribution >= 0.6 is 24.0 Å². The summed E-state index contributed by atoms with van der Waals surface area (Å²) in [6, 6.07) is 0. The zero-order valence-electron chi connectivity index (χ0n) is 11.7. The third kappa shape index (κ3) is 13.7. The summed E-state index contributed by atoms with van der Waals surface area (Å²) in [7, 11) is 5.82. The predicted molar refractivity (Wildman–Crippen MR) is 89.0 cm³/mol. The molecule has 0 unspecified atom stereocenters. The first-order valence-corrected chi connectivity index (χ1v) is 5.97. The Morgan fingerprint density at radius 3 is 2.67 bits per heavy atom. The zero-order chi connectivity index (χ0) is 12.9. The average molecular weight is 370 g/mol. The van der Waals surface area contributed by atoms with Gasteiger partial charge in [0.15, 0.2) is 5.96 Å². The predicted octanol–water partition coefficient (Wildman–Crippen LogP) is 0.924. The van der Waals surface area contributed by atoms with Crippen LogP contribution in [0.1, 0.15) is 6.42 Å². The van der Waals surface area contributed by atoms with E-state index in [0.29, 0.717) is 13.2 Å². The first kappa shape index (κ1) is 20.0. The molecule has 0 saturated heterocycles. The summed E-state index contributed by atoms with van der Waals surface area (Å²) in [5.41, 5.74) is 0. The number of hydrogen-bond acceptors (Lipinski definition) is 3. The molecule has 0 spiro atoms. The Kier molecular flexibility index (Phi) is 16.3. The van der Waals surface area contributed by atoms with Gasteiger partial charge in [-0.15, -0.1) is 30.6 Å². The monoisotopic (exact) mass is 370 g/mol. The second kappa shape index (κ2) is 14.7. The van der Waals surface area contributed by atoms with Crippen LogP contribution in [0.4, 0.5) is 0 Å². The Morgan fingerprint density at radius 1 is 1.39 bits per heavy atom. The minimum Gasteiger partial charge on any atom is -0.383 e. The fourth-order valence-electron chi connectivity index (χ4n) is 1.19. The van der Waals surface area contributed by atoms with E-state index in [1.807, 2.05) is 6.08 Å². The Morgan fingerprint density at radius 2 is 2.11 bits per heavy atom. The third-order valence-corrected chi connectivity index (χ3v) is 2.05. The van der Waals surface area contributed by atoms with Crippen LogP contribution < -0.4 is 10.6 Å². The zero-order valence-corrected chi connectivity index (χ0v) is 14.1. The highest BCUT2D eigenvalue weighted by Gasteiger charge is 1.96. The fourth-order valence-corrected chi connectivity index (χ4v) is 1.19. The van der Waals surface area contributed by atoms with Gasteiger partial charge in [-0.1, -0.05) is 6.08 Å². The number of nitrogens with one attached hydrogen (secondary N) is 2. The number of guanidine groups is 1. The number of nitrogens with zero attached hydrogens (tertiary/aromatic N) is 2. The molecule has 2 N–H and O–H groups in total. The van der Waals surface area contributed by atoms with E-state index in [2.05, 4.69) is 41.2 Å². The van der Waals surface area contributed by atoms with Gasteiger partial charge in [-0.3, -0.25) is 4.99 Å². The second-order valence-corrected chi connectivity index (χ2v) is 3.98. The van der Waals surface area contributed by atoms with Crippen molar-refractivity contribution < 1.29 is 4.74 Å². The van der Waals surface area contributed by atoms with Gasteiger partial charge in [-0.05, 0) is 27.1 Å². The van der Waals surface area contributed by atoms with Gasteiger partial charge < -0.3 is 20.3 Å². The lowest BCUT2D eigenvalue weighted by atomic mass is 10.4. The van der Waals surface area contributed by atoms with Crippen LogP contribution in [0.2, 0.25) is 0 Å². The molecule has 0 atom stereocenters. The molecule has 6 heteroatoms. The highest BCUT2D eigenvalue weighted by molar-refractivity contribution is 14.0. The Balaban J connectivity index is 0. The van der Waals surface area contributed by atoms with Crippen LogP contribution in [0.5, 0.6) is 0 Å². The lowest BCUT2D eigenvalue weighted by molar-refractivity contribution is 0.203. The molecule has 0 rings (SSSR count). The quantitative estimate of drug-likeness (QED) is 0.208. The molecule has 108 valence electrons. The maximum absolute atomic E-state index is 4.98. The van der Waals surface area contributed by atoms with E-state index in [0.717, 1.165) is 32.0 Å². The molecular formula is C12H27IN4O. The Labute approximate surface area is 128 Å². The highest BCUT2D eigenvalue weighted by atomic mass is 127. The van der Waals surface area contributed by atoms with E-state index in [4.69, 9.17) is 4.74 Å². The van der Waals surface area contributed by atoms with E-state index >= 15 is 0 Å². The summed E-state index contributed by atoms with van der Waals surface area (Å²) in [4.78, 5) is 6.63. The van der Waals surface area contributed by atoms with E-state index in [-0.39, 0.29) is 24.0 Å². The van der Waals surface area contributed by atoms with Gasteiger partial charge in [0.25, 0.3) is 0 Å². The molecule has 0 bridgehead atoms. The average Bonchev–Trinajstić information content (AvgIpc) is 2.30. The number of hydrogen-bond donors (Lipinski definition) is 2. The molecule has 0 aromatic rings. The molecule has 0 radical (unpaired) electrons. The molecule has 0 heterocycles. The van der Waals surface area contributed by atoms with Gasteiger partial charge in [-0.25, -0.2) is 0 Å². The van der Waals surface area contributed by atoms with Crippen molar-refractivity contribution in [3.05, 3.63) is 12.7 Å². The standard InChI is InChI=1S/C12H26N4O.HI/c1-5-7-13-12(15-9-11-17-4)14-8-6-10-16(2)3;/h5H,1,6-11H2,2-4H3,(H2,13,14,15);1H. The molecular weight excluding hydrogens is 343 g/mol. The largest absolute Gasteiger partial charge is 0.383 e. The molecule has 0 saturated carbocycles. The minimum atomic E-state index is 0. The van der Waals surface area contributed by atoms with Gasteiger partial charge in [0.1, 0.15) is 0 Å². The van der Waals surface area contributed by atoms with Crippen molar-refractivity contribution >= 4 is 29.9 Å². The van der Waals surface area contributed by atoms with Gasteiger partial charge in [0.2, 0.25) is 0 Å². The first-order chi connectivity index (χ1) is 8.20. The number of rotatable bonds is 9. The van der Waals surface area contributed by atoms with Crippen molar-refractivity contribution in [2.24, 2.45) is 4.99 Å². The van der Waals surface area contributed by atoms with Gasteiger partial charge >= 0.3 is 0 Å². The molecule has 18 heavy (non-hydrogen) atoms. The summed E-state index contributed by atoms with van der Waals surface area (Å²) >= 11 is 0. The lowest BCUT2D eigenvalue weighted by Gasteiger charge is -2.11. The van der Waals surface area contributed by atoms with Crippen molar-refractivity contribution in [2.45, 2.75) is 6.42 Å². The van der Waals surface area contributed by atoms with Crippen LogP contribution in [0.3, 0.4) is 0 Å². The van der Waals surface area contributed by atoms with Crippen molar-refractivity contribution in [3.63, 3.8) is 0 Å². The van der Waals surface area contributed by atoms with Crippen LogP contribution in [0.15, 0.2) is 17.6 Å². The number of halogens is 1. The van der Waals surface area contributed by atoms with E-state index in [9.17, 15) is 0 Å². The van der Waals surface area contributed by atoms with Crippen molar-refractivity contribution in [1.29, 1.82) is 0 Å². The summed E-state index contributed by atoms with van der Waals surface area (Å²) in [5, 5.41) is 6.36. The smallest absolute Gasteiger partial charge is 0.191 e. The van der Waals surface area contributed by atoms with Crippen LogP contribution in [0.25, 0.3) is 0 Å². The van der Waals surface area contributed by atoms with Gasteiger partial charge in [0, 0.05) is 26.7 Å². The topological polar surface area (TPSA) is 48.9 Å². The minimum absolute atomic E-state index is 0. The van der Waals surface area contributed by atoms with E-state index < -0.39 is 0 Å². The van der Waals surface area contributed by atoms with Crippen molar-refractivity contribution in [1.82, 2.24) is 15.5 Å². The second-order valence-electron chi connectivity index (χ2n) is 3.98. The van der Waals surface area contributed by atoms with Crippen LogP contribution in [0, 0.1) is 0 Å². The van der Waals surface area contributed by atoms with E-state index in [1.54, 1.807) is 7.11 Å². The van der Waals surface area contributed by atoms with Crippen molar-refractivity contribution in [3.8, 4) is 0 Å². The fraction of sp³-hybridized carbons (Fsp3) is 0.750. The maximum Gasteiger partial charge on any atom is 0.191 e. The van der Waals surface area contributed by atoms with Crippen LogP contribution in [-0.2, 0) is 4.74 Å². The number of ether oxygens (including phenoxy) is 1. The SMILES string of the molecule is C=CCNC(=NCCCN(C)C)NCCOC.I. The molecule has 0 aromatic heterocycles. The summed E-state index contributed by atoms with van der Waals surface area (Å²) in [5.74, 6) is 0.820.